The average molecular weight is 298 g/mol. The molecule has 0 saturated heterocycles. The molecule has 2 rings (SSSR count). The Bertz CT molecular complexity index is 439. The number of aliphatic carboxylic acids is 1. The first-order valence-corrected chi connectivity index (χ1v) is 6.64. The van der Waals surface area contributed by atoms with Crippen LogP contribution in [0.1, 0.15) is 37.7 Å². The normalized spacial score (nSPS) is 18.9. The second-order valence-corrected chi connectivity index (χ2v) is 5.60. The van der Waals surface area contributed by atoms with Crippen LogP contribution in [0.3, 0.4) is 0 Å². The Morgan fingerprint density at radius 2 is 1.94 bits per heavy atom. The van der Waals surface area contributed by atoms with Crippen LogP contribution in [0, 0.1) is 0 Å². The molecule has 1 aliphatic carbocycles. The second-order valence-electron chi connectivity index (χ2n) is 4.68. The number of hydrogen-bond donors (Lipinski definition) is 2. The van der Waals surface area contributed by atoms with Gasteiger partial charge in [0.05, 0.1) is 5.41 Å². The third-order valence-corrected chi connectivity index (χ3v) is 4.14. The van der Waals surface area contributed by atoms with E-state index in [1.807, 2.05) is 12.1 Å². The highest BCUT2D eigenvalue weighted by Gasteiger charge is 2.42. The van der Waals surface area contributed by atoms with E-state index in [1.165, 1.54) is 0 Å². The van der Waals surface area contributed by atoms with Crippen molar-refractivity contribution >= 4 is 27.6 Å². The average Bonchev–Trinajstić information content (AvgIpc) is 2.33. The molecule has 0 spiro atoms. The molecule has 4 heteroatoms. The lowest BCUT2D eigenvalue weighted by Gasteiger charge is -2.34. The minimum Gasteiger partial charge on any atom is -0.481 e. The van der Waals surface area contributed by atoms with Gasteiger partial charge in [-0.05, 0) is 36.6 Å². The maximum absolute atomic E-state index is 11.7. The van der Waals surface area contributed by atoms with Crippen molar-refractivity contribution in [2.75, 3.05) is 5.73 Å². The van der Waals surface area contributed by atoms with Crippen molar-refractivity contribution in [3.63, 3.8) is 0 Å². The first kappa shape index (κ1) is 12.4. The number of hydrogen-bond acceptors (Lipinski definition) is 2. The second kappa shape index (κ2) is 4.69. The zero-order valence-corrected chi connectivity index (χ0v) is 11.2. The number of carboxylic acids is 1. The summed E-state index contributed by atoms with van der Waals surface area (Å²) >= 11 is 3.39. The molecule has 0 amide bonds. The van der Waals surface area contributed by atoms with Crippen LogP contribution in [0.25, 0.3) is 0 Å². The number of benzene rings is 1. The third kappa shape index (κ3) is 2.18. The van der Waals surface area contributed by atoms with E-state index in [2.05, 4.69) is 15.9 Å². The summed E-state index contributed by atoms with van der Waals surface area (Å²) in [4.78, 5) is 11.7. The summed E-state index contributed by atoms with van der Waals surface area (Å²) < 4.78 is 0.882. The van der Waals surface area contributed by atoms with E-state index in [0.29, 0.717) is 18.5 Å². The van der Waals surface area contributed by atoms with E-state index >= 15 is 0 Å². The molecule has 0 aromatic heterocycles. The summed E-state index contributed by atoms with van der Waals surface area (Å²) in [5.41, 5.74) is 6.52. The summed E-state index contributed by atoms with van der Waals surface area (Å²) in [5, 5.41) is 9.59. The number of carboxylic acid groups (broad SMARTS) is 1. The molecule has 0 heterocycles. The van der Waals surface area contributed by atoms with Gasteiger partial charge in [-0.1, -0.05) is 35.2 Å². The van der Waals surface area contributed by atoms with Gasteiger partial charge >= 0.3 is 5.97 Å². The molecule has 0 unspecified atom stereocenters. The summed E-state index contributed by atoms with van der Waals surface area (Å²) in [6.07, 6.45) is 4.39. The van der Waals surface area contributed by atoms with Crippen LogP contribution in [0.2, 0.25) is 0 Å². The Morgan fingerprint density at radius 1 is 1.29 bits per heavy atom. The smallest absolute Gasteiger partial charge is 0.314 e. The molecule has 92 valence electrons. The van der Waals surface area contributed by atoms with Gasteiger partial charge in [0.1, 0.15) is 0 Å². The SMILES string of the molecule is Nc1ccc(Br)cc1C1(C(=O)O)CCCCC1. The number of nitrogens with two attached hydrogens (primary N) is 1. The fourth-order valence-electron chi connectivity index (χ4n) is 2.70. The fourth-order valence-corrected chi connectivity index (χ4v) is 3.06. The lowest BCUT2D eigenvalue weighted by molar-refractivity contribution is -0.145. The highest BCUT2D eigenvalue weighted by molar-refractivity contribution is 9.10. The van der Waals surface area contributed by atoms with Gasteiger partial charge in [-0.25, -0.2) is 0 Å². The molecule has 1 aromatic carbocycles. The maximum atomic E-state index is 11.7. The van der Waals surface area contributed by atoms with Gasteiger partial charge in [0.25, 0.3) is 0 Å². The molecule has 1 aliphatic rings. The van der Waals surface area contributed by atoms with Gasteiger partial charge in [0.15, 0.2) is 0 Å². The minimum absolute atomic E-state index is 0.581. The third-order valence-electron chi connectivity index (χ3n) is 3.65. The van der Waals surface area contributed by atoms with Crippen molar-refractivity contribution in [1.82, 2.24) is 0 Å². The van der Waals surface area contributed by atoms with E-state index in [4.69, 9.17) is 5.73 Å². The van der Waals surface area contributed by atoms with Gasteiger partial charge in [0, 0.05) is 10.2 Å². The first-order chi connectivity index (χ1) is 8.06. The zero-order chi connectivity index (χ0) is 12.5. The Hall–Kier alpha value is -1.03. The molecule has 1 fully saturated rings. The molecule has 0 atom stereocenters. The van der Waals surface area contributed by atoms with Crippen LogP contribution in [-0.2, 0) is 10.2 Å². The summed E-state index contributed by atoms with van der Waals surface area (Å²) in [7, 11) is 0. The molecule has 1 aromatic rings. The maximum Gasteiger partial charge on any atom is 0.314 e. The molecular formula is C13H16BrNO2. The number of halogens is 1. The van der Waals surface area contributed by atoms with Crippen LogP contribution in [0.15, 0.2) is 22.7 Å². The van der Waals surface area contributed by atoms with Crippen molar-refractivity contribution in [3.05, 3.63) is 28.2 Å². The first-order valence-electron chi connectivity index (χ1n) is 5.85. The minimum atomic E-state index is -0.786. The zero-order valence-electron chi connectivity index (χ0n) is 9.58. The summed E-state index contributed by atoms with van der Waals surface area (Å²) in [5.74, 6) is -0.748. The van der Waals surface area contributed by atoms with Gasteiger partial charge in [0.2, 0.25) is 0 Å². The monoisotopic (exact) mass is 297 g/mol. The number of nitrogen functional groups attached to an aromatic ring is 1. The predicted molar refractivity (Wildman–Crippen MR) is 71.0 cm³/mol. The number of rotatable bonds is 2. The highest BCUT2D eigenvalue weighted by atomic mass is 79.9. The topological polar surface area (TPSA) is 63.3 Å². The molecule has 17 heavy (non-hydrogen) atoms. The quantitative estimate of drug-likeness (QED) is 0.823. The van der Waals surface area contributed by atoms with Crippen molar-refractivity contribution in [2.24, 2.45) is 0 Å². The standard InChI is InChI=1S/C13H16BrNO2/c14-9-4-5-11(15)10(8-9)13(12(16)17)6-2-1-3-7-13/h4-5,8H,1-3,6-7,15H2,(H,16,17). The van der Waals surface area contributed by atoms with E-state index in [1.54, 1.807) is 6.07 Å². The molecule has 0 aliphatic heterocycles. The van der Waals surface area contributed by atoms with Crippen molar-refractivity contribution in [3.8, 4) is 0 Å². The highest BCUT2D eigenvalue weighted by Crippen LogP contribution is 2.42. The van der Waals surface area contributed by atoms with Crippen molar-refractivity contribution in [1.29, 1.82) is 0 Å². The van der Waals surface area contributed by atoms with Gasteiger partial charge in [-0.2, -0.15) is 0 Å². The van der Waals surface area contributed by atoms with Gasteiger partial charge < -0.3 is 10.8 Å². The van der Waals surface area contributed by atoms with Gasteiger partial charge in [-0.3, -0.25) is 4.79 Å². The van der Waals surface area contributed by atoms with Crippen LogP contribution in [0.5, 0.6) is 0 Å². The van der Waals surface area contributed by atoms with Gasteiger partial charge in [-0.15, -0.1) is 0 Å². The molecule has 3 N–H and O–H groups in total. The Balaban J connectivity index is 2.52. The molecule has 0 radical (unpaired) electrons. The van der Waals surface area contributed by atoms with E-state index in [-0.39, 0.29) is 0 Å². The number of anilines is 1. The molecule has 0 bridgehead atoms. The van der Waals surface area contributed by atoms with Crippen LogP contribution in [-0.4, -0.2) is 11.1 Å². The van der Waals surface area contributed by atoms with Crippen molar-refractivity contribution < 1.29 is 9.90 Å². The van der Waals surface area contributed by atoms with Crippen LogP contribution >= 0.6 is 15.9 Å². The molecule has 1 saturated carbocycles. The van der Waals surface area contributed by atoms with Crippen LogP contribution in [0.4, 0.5) is 5.69 Å². The number of carbonyl (C=O) groups is 1. The largest absolute Gasteiger partial charge is 0.481 e. The van der Waals surface area contributed by atoms with Crippen LogP contribution < -0.4 is 5.73 Å². The lowest BCUT2D eigenvalue weighted by atomic mass is 9.69. The lowest BCUT2D eigenvalue weighted by Crippen LogP contribution is -2.38. The molecule has 3 nitrogen and oxygen atoms in total. The van der Waals surface area contributed by atoms with E-state index in [0.717, 1.165) is 29.3 Å². The van der Waals surface area contributed by atoms with E-state index < -0.39 is 11.4 Å². The fraction of sp³-hybridized carbons (Fsp3) is 0.462. The summed E-state index contributed by atoms with van der Waals surface area (Å²) in [6, 6.07) is 5.48. The molecular weight excluding hydrogens is 282 g/mol. The Labute approximate surface area is 109 Å². The Morgan fingerprint density at radius 3 is 2.53 bits per heavy atom. The van der Waals surface area contributed by atoms with E-state index in [9.17, 15) is 9.90 Å². The van der Waals surface area contributed by atoms with Crippen molar-refractivity contribution in [2.45, 2.75) is 37.5 Å². The summed E-state index contributed by atoms with van der Waals surface area (Å²) in [6.45, 7) is 0. The predicted octanol–water partition coefficient (Wildman–Crippen LogP) is 3.32. The Kier molecular flexibility index (Phi) is 3.43.